The number of pyridine rings is 2. The van der Waals surface area contributed by atoms with Gasteiger partial charge in [0.2, 0.25) is 0 Å². The van der Waals surface area contributed by atoms with E-state index in [1.807, 2.05) is 34.7 Å². The number of aromatic amines is 1. The Morgan fingerprint density at radius 3 is 3.00 bits per heavy atom. The largest absolute Gasteiger partial charge is 0.306 e. The predicted molar refractivity (Wildman–Crippen MR) is 62.8 cm³/mol. The average molecular weight is 351 g/mol. The van der Waals surface area contributed by atoms with Crippen LogP contribution >= 0.6 is 38.5 Å². The number of nitrogens with one attached hydrogen (secondary N) is 1. The molecule has 0 saturated heterocycles. The zero-order chi connectivity index (χ0) is 9.42. The van der Waals surface area contributed by atoms with Crippen molar-refractivity contribution < 1.29 is 0 Å². The van der Waals surface area contributed by atoms with Crippen molar-refractivity contribution in [1.82, 2.24) is 9.97 Å². The van der Waals surface area contributed by atoms with Crippen LogP contribution in [0.3, 0.4) is 0 Å². The number of hydrogen-bond donors (Lipinski definition) is 1. The standard InChI is InChI=1S/C8H4BrIN2O/c9-5-1-4-2-6(10)8(13)12-7(4)11-3-5/h1-3H,(H,11,12,13). The molecule has 0 unspecified atom stereocenters. The zero-order valence-corrected chi connectivity index (χ0v) is 10.1. The summed E-state index contributed by atoms with van der Waals surface area (Å²) in [7, 11) is 0. The SMILES string of the molecule is O=c1[nH]c2ncc(Br)cc2cc1I. The normalized spacial score (nSPS) is 10.6. The fourth-order valence-corrected chi connectivity index (χ4v) is 1.86. The first-order valence-corrected chi connectivity index (χ1v) is 5.38. The Morgan fingerprint density at radius 1 is 1.46 bits per heavy atom. The quantitative estimate of drug-likeness (QED) is 0.741. The summed E-state index contributed by atoms with van der Waals surface area (Å²) >= 11 is 5.32. The Labute approximate surface area is 95.8 Å². The number of rotatable bonds is 0. The van der Waals surface area contributed by atoms with Crippen LogP contribution in [0.4, 0.5) is 0 Å². The molecule has 1 N–H and O–H groups in total. The average Bonchev–Trinajstić information content (AvgIpc) is 2.08. The molecule has 0 amide bonds. The van der Waals surface area contributed by atoms with E-state index < -0.39 is 0 Å². The molecule has 0 spiro atoms. The Morgan fingerprint density at radius 2 is 2.23 bits per heavy atom. The molecule has 13 heavy (non-hydrogen) atoms. The van der Waals surface area contributed by atoms with Crippen molar-refractivity contribution >= 4 is 49.6 Å². The topological polar surface area (TPSA) is 45.8 Å². The van der Waals surface area contributed by atoms with Crippen LogP contribution in [0.25, 0.3) is 11.0 Å². The van der Waals surface area contributed by atoms with E-state index in [1.54, 1.807) is 6.20 Å². The number of hydrogen-bond acceptors (Lipinski definition) is 2. The van der Waals surface area contributed by atoms with E-state index in [1.165, 1.54) is 0 Å². The van der Waals surface area contributed by atoms with Crippen LogP contribution < -0.4 is 5.56 Å². The van der Waals surface area contributed by atoms with E-state index in [2.05, 4.69) is 25.9 Å². The molecule has 0 saturated carbocycles. The van der Waals surface area contributed by atoms with Gasteiger partial charge >= 0.3 is 0 Å². The minimum atomic E-state index is -0.0945. The number of H-pyrrole nitrogens is 1. The van der Waals surface area contributed by atoms with Crippen molar-refractivity contribution in [2.24, 2.45) is 0 Å². The maximum absolute atomic E-state index is 11.2. The molecule has 2 heterocycles. The van der Waals surface area contributed by atoms with Crippen LogP contribution in [0.2, 0.25) is 0 Å². The first-order valence-electron chi connectivity index (χ1n) is 3.51. The predicted octanol–water partition coefficient (Wildman–Crippen LogP) is 2.29. The minimum Gasteiger partial charge on any atom is -0.306 e. The molecule has 5 heteroatoms. The molecular weight excluding hydrogens is 347 g/mol. The lowest BCUT2D eigenvalue weighted by atomic mass is 10.3. The van der Waals surface area contributed by atoms with E-state index in [0.29, 0.717) is 9.22 Å². The second-order valence-electron chi connectivity index (χ2n) is 2.54. The molecule has 0 atom stereocenters. The lowest BCUT2D eigenvalue weighted by Crippen LogP contribution is -2.09. The third kappa shape index (κ3) is 1.76. The van der Waals surface area contributed by atoms with Gasteiger partial charge < -0.3 is 4.98 Å². The summed E-state index contributed by atoms with van der Waals surface area (Å²) in [6, 6.07) is 3.73. The highest BCUT2D eigenvalue weighted by Gasteiger charge is 2.00. The monoisotopic (exact) mass is 350 g/mol. The van der Waals surface area contributed by atoms with Crippen molar-refractivity contribution in [3.63, 3.8) is 0 Å². The van der Waals surface area contributed by atoms with Gasteiger partial charge in [-0.25, -0.2) is 4.98 Å². The van der Waals surface area contributed by atoms with Gasteiger partial charge in [-0.05, 0) is 50.7 Å². The Bertz CT molecular complexity index is 523. The maximum Gasteiger partial charge on any atom is 0.263 e. The Kier molecular flexibility index (Phi) is 2.37. The van der Waals surface area contributed by atoms with Crippen molar-refractivity contribution in [1.29, 1.82) is 0 Å². The van der Waals surface area contributed by atoms with Gasteiger partial charge in [-0.2, -0.15) is 0 Å². The molecule has 0 radical (unpaired) electrons. The van der Waals surface area contributed by atoms with Crippen LogP contribution in [0, 0.1) is 3.57 Å². The molecule has 3 nitrogen and oxygen atoms in total. The van der Waals surface area contributed by atoms with E-state index >= 15 is 0 Å². The lowest BCUT2D eigenvalue weighted by Gasteiger charge is -1.97. The van der Waals surface area contributed by atoms with Gasteiger partial charge in [-0.15, -0.1) is 0 Å². The number of halogens is 2. The van der Waals surface area contributed by atoms with E-state index in [-0.39, 0.29) is 5.56 Å². The third-order valence-electron chi connectivity index (χ3n) is 1.61. The van der Waals surface area contributed by atoms with E-state index in [9.17, 15) is 4.79 Å². The van der Waals surface area contributed by atoms with Crippen molar-refractivity contribution in [3.05, 3.63) is 36.7 Å². The molecule has 0 fully saturated rings. The molecular formula is C8H4BrIN2O. The van der Waals surface area contributed by atoms with Gasteiger partial charge in [-0.3, -0.25) is 4.79 Å². The highest BCUT2D eigenvalue weighted by atomic mass is 127. The fraction of sp³-hybridized carbons (Fsp3) is 0. The molecule has 2 aromatic rings. The summed E-state index contributed by atoms with van der Waals surface area (Å²) in [6.45, 7) is 0. The molecule has 66 valence electrons. The third-order valence-corrected chi connectivity index (χ3v) is 2.85. The summed E-state index contributed by atoms with van der Waals surface area (Å²) in [5, 5.41) is 0.929. The number of nitrogens with zero attached hydrogens (tertiary/aromatic N) is 1. The maximum atomic E-state index is 11.2. The Balaban J connectivity index is 2.89. The second kappa shape index (κ2) is 3.38. The lowest BCUT2D eigenvalue weighted by molar-refractivity contribution is 1.21. The van der Waals surface area contributed by atoms with Gasteiger partial charge in [0.15, 0.2) is 0 Å². The first kappa shape index (κ1) is 9.14. The smallest absolute Gasteiger partial charge is 0.263 e. The van der Waals surface area contributed by atoms with Crippen LogP contribution in [-0.2, 0) is 0 Å². The fourth-order valence-electron chi connectivity index (χ4n) is 1.04. The summed E-state index contributed by atoms with van der Waals surface area (Å²) in [5.41, 5.74) is 0.525. The van der Waals surface area contributed by atoms with Crippen molar-refractivity contribution in [3.8, 4) is 0 Å². The molecule has 2 aromatic heterocycles. The highest BCUT2D eigenvalue weighted by Crippen LogP contribution is 2.15. The summed E-state index contributed by atoms with van der Waals surface area (Å²) in [4.78, 5) is 18.0. The van der Waals surface area contributed by atoms with Crippen LogP contribution in [0.1, 0.15) is 0 Å². The van der Waals surface area contributed by atoms with Crippen molar-refractivity contribution in [2.45, 2.75) is 0 Å². The van der Waals surface area contributed by atoms with Gasteiger partial charge in [0.1, 0.15) is 5.65 Å². The zero-order valence-electron chi connectivity index (χ0n) is 6.34. The van der Waals surface area contributed by atoms with Crippen LogP contribution in [0.5, 0.6) is 0 Å². The molecule has 0 aliphatic heterocycles. The van der Waals surface area contributed by atoms with E-state index in [4.69, 9.17) is 0 Å². The Hall–Kier alpha value is -0.430. The van der Waals surface area contributed by atoms with E-state index in [0.717, 1.165) is 9.86 Å². The van der Waals surface area contributed by atoms with Crippen molar-refractivity contribution in [2.75, 3.05) is 0 Å². The second-order valence-corrected chi connectivity index (χ2v) is 4.62. The summed E-state index contributed by atoms with van der Waals surface area (Å²) < 4.78 is 1.58. The summed E-state index contributed by atoms with van der Waals surface area (Å²) in [5.74, 6) is 0. The van der Waals surface area contributed by atoms with Gasteiger partial charge in [0.05, 0.1) is 3.57 Å². The molecule has 0 aliphatic carbocycles. The van der Waals surface area contributed by atoms with Gasteiger partial charge in [-0.1, -0.05) is 0 Å². The first-order chi connectivity index (χ1) is 6.16. The molecule has 2 rings (SSSR count). The number of aromatic nitrogens is 2. The van der Waals surface area contributed by atoms with Crippen LogP contribution in [-0.4, -0.2) is 9.97 Å². The minimum absolute atomic E-state index is 0.0945. The van der Waals surface area contributed by atoms with Gasteiger partial charge in [0, 0.05) is 16.1 Å². The molecule has 0 aromatic carbocycles. The molecule has 0 bridgehead atoms. The summed E-state index contributed by atoms with van der Waals surface area (Å²) in [6.07, 6.45) is 1.66. The van der Waals surface area contributed by atoms with Crippen LogP contribution in [0.15, 0.2) is 27.6 Å². The van der Waals surface area contributed by atoms with Gasteiger partial charge in [0.25, 0.3) is 5.56 Å². The number of fused-ring (bicyclic) bond motifs is 1. The molecule has 0 aliphatic rings. The highest BCUT2D eigenvalue weighted by molar-refractivity contribution is 14.1.